The van der Waals surface area contributed by atoms with Gasteiger partial charge in [0.2, 0.25) is 5.95 Å². The van der Waals surface area contributed by atoms with Crippen LogP contribution < -0.4 is 30.3 Å². The molecule has 16 heteroatoms. The number of nitrogens with zero attached hydrogens (tertiary/aromatic N) is 4. The predicted molar refractivity (Wildman–Crippen MR) is 187 cm³/mol. The maximum absolute atomic E-state index is 13.5. The van der Waals surface area contributed by atoms with Crippen molar-refractivity contribution < 1.29 is 37.3 Å². The zero-order valence-electron chi connectivity index (χ0n) is 26.7. The molecule has 1 fully saturated rings. The maximum Gasteiger partial charge on any atom is 0.336 e. The SMILES string of the molecule is COc1cc2nc(N3CCN(S(=O)(=O)Nc4ccc(-c5c6ccc(=O)cc-6oc6cc(O)ccc56)c(C(=O)O)c4)CC3)nc(N)c2cc1OC. The first-order valence-electron chi connectivity index (χ1n) is 15.2. The van der Waals surface area contributed by atoms with E-state index >= 15 is 0 Å². The third kappa shape index (κ3) is 5.79. The van der Waals surface area contributed by atoms with Crippen molar-refractivity contribution >= 4 is 55.5 Å². The van der Waals surface area contributed by atoms with Gasteiger partial charge in [-0.25, -0.2) is 9.78 Å². The average Bonchev–Trinajstić information content (AvgIpc) is 3.09. The molecule has 1 saturated heterocycles. The van der Waals surface area contributed by atoms with Gasteiger partial charge in [0.1, 0.15) is 22.9 Å². The normalized spacial score (nSPS) is 13.9. The standard InChI is InChI=1S/C34H30N6O9S/c1-47-29-16-25-26(17-30(29)48-2)36-34(37-32(25)35)39-9-11-40(12-10-39)50(45,46)38-18-3-6-21(24(13-18)33(43)44)31-22-7-4-19(41)14-27(22)49-28-15-20(42)5-8-23(28)31/h3-8,13-17,38,41H,9-12H2,1-2H3,(H,43,44)(H2,35,36,37). The first kappa shape index (κ1) is 32.4. The zero-order valence-corrected chi connectivity index (χ0v) is 27.5. The molecular formula is C34H30N6O9S. The summed E-state index contributed by atoms with van der Waals surface area (Å²) < 4.78 is 47.4. The molecule has 0 amide bonds. The van der Waals surface area contributed by atoms with E-state index in [0.717, 1.165) is 0 Å². The lowest BCUT2D eigenvalue weighted by Crippen LogP contribution is -2.50. The topological polar surface area (TPSA) is 211 Å². The summed E-state index contributed by atoms with van der Waals surface area (Å²) in [5.41, 5.74) is 7.72. The molecule has 3 aliphatic rings. The molecule has 0 spiro atoms. The van der Waals surface area contributed by atoms with E-state index in [1.54, 1.807) is 18.2 Å². The van der Waals surface area contributed by atoms with Crippen LogP contribution in [0.4, 0.5) is 17.5 Å². The summed E-state index contributed by atoms with van der Waals surface area (Å²) >= 11 is 0. The van der Waals surface area contributed by atoms with E-state index in [0.29, 0.717) is 44.9 Å². The van der Waals surface area contributed by atoms with Crippen LogP contribution in [0.2, 0.25) is 0 Å². The molecule has 7 rings (SSSR count). The van der Waals surface area contributed by atoms with Crippen molar-refractivity contribution in [1.29, 1.82) is 0 Å². The number of phenolic OH excluding ortho intramolecular Hbond substituents is 1. The molecule has 3 heterocycles. The lowest BCUT2D eigenvalue weighted by Gasteiger charge is -2.34. The fourth-order valence-corrected chi connectivity index (χ4v) is 7.30. The lowest BCUT2D eigenvalue weighted by atomic mass is 9.90. The van der Waals surface area contributed by atoms with E-state index in [1.165, 1.54) is 67.1 Å². The fourth-order valence-electron chi connectivity index (χ4n) is 6.10. The Bertz CT molecular complexity index is 2460. The molecule has 0 saturated carbocycles. The Balaban J connectivity index is 1.15. The summed E-state index contributed by atoms with van der Waals surface area (Å²) in [7, 11) is -1.08. The number of nitrogens with two attached hydrogens (primary N) is 1. The van der Waals surface area contributed by atoms with Crippen LogP contribution in [0, 0.1) is 0 Å². The van der Waals surface area contributed by atoms with Crippen LogP contribution in [0.15, 0.2) is 75.9 Å². The van der Waals surface area contributed by atoms with E-state index in [9.17, 15) is 28.2 Å². The van der Waals surface area contributed by atoms with Gasteiger partial charge >= 0.3 is 16.2 Å². The number of nitrogen functional groups attached to an aromatic ring is 1. The van der Waals surface area contributed by atoms with Crippen molar-refractivity contribution in [2.45, 2.75) is 0 Å². The monoisotopic (exact) mass is 698 g/mol. The molecule has 0 radical (unpaired) electrons. The molecule has 1 aliphatic carbocycles. The minimum atomic E-state index is -4.11. The highest BCUT2D eigenvalue weighted by atomic mass is 32.2. The van der Waals surface area contributed by atoms with Gasteiger partial charge in [-0.2, -0.15) is 17.7 Å². The molecule has 50 heavy (non-hydrogen) atoms. The summed E-state index contributed by atoms with van der Waals surface area (Å²) in [6.45, 7) is 0.704. The first-order chi connectivity index (χ1) is 23.9. The van der Waals surface area contributed by atoms with Gasteiger partial charge in [-0.15, -0.1) is 0 Å². The van der Waals surface area contributed by atoms with Gasteiger partial charge in [0, 0.05) is 66.3 Å². The van der Waals surface area contributed by atoms with Gasteiger partial charge in [0.25, 0.3) is 0 Å². The Morgan fingerprint density at radius 1 is 0.900 bits per heavy atom. The fraction of sp³-hybridized carbons (Fsp3) is 0.176. The minimum Gasteiger partial charge on any atom is -0.508 e. The Morgan fingerprint density at radius 2 is 1.62 bits per heavy atom. The van der Waals surface area contributed by atoms with Crippen molar-refractivity contribution in [1.82, 2.24) is 14.3 Å². The van der Waals surface area contributed by atoms with Gasteiger partial charge in [0.05, 0.1) is 31.0 Å². The quantitative estimate of drug-likeness (QED) is 0.166. The smallest absolute Gasteiger partial charge is 0.336 e. The number of piperazine rings is 1. The molecular weight excluding hydrogens is 668 g/mol. The third-order valence-electron chi connectivity index (χ3n) is 8.52. The number of fused-ring (bicyclic) bond motifs is 3. The number of nitrogens with one attached hydrogen (secondary N) is 1. The highest BCUT2D eigenvalue weighted by molar-refractivity contribution is 7.90. The van der Waals surface area contributed by atoms with Crippen molar-refractivity contribution in [3.05, 3.63) is 82.5 Å². The lowest BCUT2D eigenvalue weighted by molar-refractivity contribution is 0.0697. The third-order valence-corrected chi connectivity index (χ3v) is 10.1. The second-order valence-corrected chi connectivity index (χ2v) is 13.2. The van der Waals surface area contributed by atoms with Crippen LogP contribution in [0.5, 0.6) is 17.2 Å². The number of carbonyl (C=O) groups is 1. The number of benzene rings is 4. The van der Waals surface area contributed by atoms with Crippen LogP contribution in [0.25, 0.3) is 44.3 Å². The number of ether oxygens (including phenoxy) is 2. The molecule has 0 bridgehead atoms. The molecule has 0 unspecified atom stereocenters. The van der Waals surface area contributed by atoms with E-state index in [-0.39, 0.29) is 71.3 Å². The number of carboxylic acids is 1. The van der Waals surface area contributed by atoms with Crippen LogP contribution >= 0.6 is 0 Å². The van der Waals surface area contributed by atoms with Crippen molar-refractivity contribution in [2.75, 3.05) is 55.8 Å². The van der Waals surface area contributed by atoms with Gasteiger partial charge < -0.3 is 34.7 Å². The summed E-state index contributed by atoms with van der Waals surface area (Å²) in [6, 6.07) is 16.1. The largest absolute Gasteiger partial charge is 0.508 e. The van der Waals surface area contributed by atoms with E-state index in [4.69, 9.17) is 19.6 Å². The number of methoxy groups -OCH3 is 2. The second kappa shape index (κ2) is 12.4. The highest BCUT2D eigenvalue weighted by Crippen LogP contribution is 2.42. The summed E-state index contributed by atoms with van der Waals surface area (Å²) in [5, 5.41) is 21.4. The summed E-state index contributed by atoms with van der Waals surface area (Å²) in [4.78, 5) is 35.6. The zero-order chi connectivity index (χ0) is 35.3. The number of aromatic carboxylic acids is 1. The number of hydrogen-bond donors (Lipinski definition) is 4. The number of phenols is 1. The molecule has 2 aliphatic heterocycles. The molecule has 5 N–H and O–H groups in total. The number of aromatic nitrogens is 2. The molecule has 3 aromatic carbocycles. The molecule has 1 aromatic heterocycles. The number of hydrogen-bond acceptors (Lipinski definition) is 12. The second-order valence-electron chi connectivity index (χ2n) is 11.5. The van der Waals surface area contributed by atoms with E-state index in [2.05, 4.69) is 14.7 Å². The summed E-state index contributed by atoms with van der Waals surface area (Å²) in [6.07, 6.45) is 0. The van der Waals surface area contributed by atoms with Crippen LogP contribution in [0.3, 0.4) is 0 Å². The number of rotatable bonds is 8. The number of carboxylic acid groups (broad SMARTS) is 1. The van der Waals surface area contributed by atoms with Gasteiger partial charge in [-0.3, -0.25) is 9.52 Å². The van der Waals surface area contributed by atoms with Crippen molar-refractivity contribution in [3.8, 4) is 39.7 Å². The Hall–Kier alpha value is -6.13. The van der Waals surface area contributed by atoms with E-state index < -0.39 is 16.2 Å². The van der Waals surface area contributed by atoms with E-state index in [1.807, 2.05) is 4.90 Å². The number of anilines is 3. The van der Waals surface area contributed by atoms with Crippen molar-refractivity contribution in [2.24, 2.45) is 0 Å². The van der Waals surface area contributed by atoms with Gasteiger partial charge in [-0.05, 0) is 48.0 Å². The predicted octanol–water partition coefficient (Wildman–Crippen LogP) is 3.99. The van der Waals surface area contributed by atoms with Crippen LogP contribution in [0.1, 0.15) is 10.4 Å². The molecule has 0 atom stereocenters. The average molecular weight is 699 g/mol. The number of aromatic hydroxyl groups is 1. The molecule has 15 nitrogen and oxygen atoms in total. The van der Waals surface area contributed by atoms with Crippen LogP contribution in [-0.2, 0) is 10.2 Å². The maximum atomic E-state index is 13.5. The summed E-state index contributed by atoms with van der Waals surface area (Å²) in [5.74, 6) is 0.347. The van der Waals surface area contributed by atoms with Gasteiger partial charge in [0.15, 0.2) is 16.9 Å². The Morgan fingerprint density at radius 3 is 2.34 bits per heavy atom. The van der Waals surface area contributed by atoms with Crippen LogP contribution in [-0.4, -0.2) is 79.3 Å². The molecule has 256 valence electrons. The Labute approximate surface area is 284 Å². The van der Waals surface area contributed by atoms with Crippen molar-refractivity contribution in [3.63, 3.8) is 0 Å². The van der Waals surface area contributed by atoms with Gasteiger partial charge in [-0.1, -0.05) is 6.07 Å². The molecule has 4 aromatic rings. The highest BCUT2D eigenvalue weighted by Gasteiger charge is 2.29. The first-order valence-corrected chi connectivity index (χ1v) is 16.7. The minimum absolute atomic E-state index is 0.0392. The Kier molecular flexibility index (Phi) is 8.04.